The van der Waals surface area contributed by atoms with Gasteiger partial charge in [-0.2, -0.15) is 0 Å². The van der Waals surface area contributed by atoms with Gasteiger partial charge in [0.05, 0.1) is 11.5 Å². The molecule has 1 aromatic carbocycles. The van der Waals surface area contributed by atoms with E-state index in [1.54, 1.807) is 6.92 Å². The summed E-state index contributed by atoms with van der Waals surface area (Å²) in [5.41, 5.74) is 3.72. The van der Waals surface area contributed by atoms with Crippen LogP contribution in [0.5, 0.6) is 5.75 Å². The minimum absolute atomic E-state index is 0.111. The lowest BCUT2D eigenvalue weighted by Gasteiger charge is -2.15. The number of unbranched alkanes of at least 4 members (excludes halogenated alkanes) is 1. The Morgan fingerprint density at radius 1 is 1.05 bits per heavy atom. The molecule has 0 unspecified atom stereocenters. The number of halogens is 1. The molecule has 0 spiro atoms. The smallest absolute Gasteiger partial charge is 0.314 e. The van der Waals surface area contributed by atoms with Crippen molar-refractivity contribution in [3.8, 4) is 5.75 Å². The number of nitro groups is 1. The Balaban J connectivity index is 3.16. The molecule has 19 heavy (non-hydrogen) atoms. The Bertz CT molecular complexity index is 486. The SMILES string of the molecule is Cc1c(C)c(C)c([N+](=O)[O-])c(OCCCCBr)c1C. The van der Waals surface area contributed by atoms with Crippen molar-refractivity contribution >= 4 is 21.6 Å². The second kappa shape index (κ2) is 6.89. The van der Waals surface area contributed by atoms with E-state index in [1.165, 1.54) is 0 Å². The van der Waals surface area contributed by atoms with Crippen molar-refractivity contribution in [1.82, 2.24) is 0 Å². The maximum atomic E-state index is 11.3. The molecular formula is C14H20BrNO3. The molecule has 0 saturated heterocycles. The van der Waals surface area contributed by atoms with Crippen molar-refractivity contribution in [3.05, 3.63) is 32.4 Å². The molecule has 0 bridgehead atoms. The zero-order valence-electron chi connectivity index (χ0n) is 11.9. The second-order valence-electron chi connectivity index (χ2n) is 4.68. The van der Waals surface area contributed by atoms with Crippen LogP contribution in [0.1, 0.15) is 35.1 Å². The molecule has 1 aromatic rings. The van der Waals surface area contributed by atoms with E-state index in [-0.39, 0.29) is 10.6 Å². The third-order valence-electron chi connectivity index (χ3n) is 3.56. The topological polar surface area (TPSA) is 52.4 Å². The number of alkyl halides is 1. The minimum atomic E-state index is -0.339. The summed E-state index contributed by atoms with van der Waals surface area (Å²) in [7, 11) is 0. The van der Waals surface area contributed by atoms with Crippen LogP contribution >= 0.6 is 15.9 Å². The normalized spacial score (nSPS) is 10.6. The average Bonchev–Trinajstić information content (AvgIpc) is 2.37. The maximum absolute atomic E-state index is 11.3. The van der Waals surface area contributed by atoms with Crippen LogP contribution in [0, 0.1) is 37.8 Å². The fourth-order valence-electron chi connectivity index (χ4n) is 2.03. The first-order valence-electron chi connectivity index (χ1n) is 6.35. The Kier molecular flexibility index (Phi) is 5.79. The maximum Gasteiger partial charge on any atom is 0.314 e. The van der Waals surface area contributed by atoms with Crippen LogP contribution in [0.25, 0.3) is 0 Å². The van der Waals surface area contributed by atoms with E-state index in [4.69, 9.17) is 4.74 Å². The van der Waals surface area contributed by atoms with Gasteiger partial charge in [0, 0.05) is 16.5 Å². The summed E-state index contributed by atoms with van der Waals surface area (Å²) < 4.78 is 5.69. The predicted octanol–water partition coefficient (Wildman–Crippen LogP) is 4.38. The molecule has 1 rings (SSSR count). The van der Waals surface area contributed by atoms with Gasteiger partial charge in [0.15, 0.2) is 0 Å². The van der Waals surface area contributed by atoms with Gasteiger partial charge in [-0.05, 0) is 51.7 Å². The molecule has 0 radical (unpaired) electrons. The van der Waals surface area contributed by atoms with Crippen LogP contribution in [-0.4, -0.2) is 16.9 Å². The van der Waals surface area contributed by atoms with Crippen LogP contribution in [0.15, 0.2) is 0 Å². The molecule has 0 saturated carbocycles. The number of rotatable bonds is 6. The van der Waals surface area contributed by atoms with Crippen LogP contribution in [0.2, 0.25) is 0 Å². The summed E-state index contributed by atoms with van der Waals surface area (Å²) in [6.07, 6.45) is 1.88. The molecule has 0 aliphatic carbocycles. The van der Waals surface area contributed by atoms with Crippen molar-refractivity contribution in [2.45, 2.75) is 40.5 Å². The lowest BCUT2D eigenvalue weighted by atomic mass is 9.96. The van der Waals surface area contributed by atoms with Crippen LogP contribution < -0.4 is 4.74 Å². The molecule has 0 aliphatic heterocycles. The molecule has 0 aliphatic rings. The fourth-order valence-corrected chi connectivity index (χ4v) is 2.42. The Hall–Kier alpha value is -1.10. The number of nitro benzene ring substituents is 1. The zero-order chi connectivity index (χ0) is 14.6. The molecule has 0 aromatic heterocycles. The summed E-state index contributed by atoms with van der Waals surface area (Å²) in [6, 6.07) is 0. The van der Waals surface area contributed by atoms with Crippen molar-refractivity contribution in [2.75, 3.05) is 11.9 Å². The molecule has 0 fully saturated rings. The number of hydrogen-bond acceptors (Lipinski definition) is 3. The first kappa shape index (κ1) is 16.0. The minimum Gasteiger partial charge on any atom is -0.487 e. The van der Waals surface area contributed by atoms with Gasteiger partial charge in [-0.15, -0.1) is 0 Å². The summed E-state index contributed by atoms with van der Waals surface area (Å²) >= 11 is 3.36. The molecule has 0 amide bonds. The highest BCUT2D eigenvalue weighted by atomic mass is 79.9. The van der Waals surface area contributed by atoms with Gasteiger partial charge in [0.2, 0.25) is 5.75 Å². The molecule has 106 valence electrons. The fraction of sp³-hybridized carbons (Fsp3) is 0.571. The van der Waals surface area contributed by atoms with E-state index >= 15 is 0 Å². The van der Waals surface area contributed by atoms with Gasteiger partial charge in [-0.25, -0.2) is 0 Å². The quantitative estimate of drug-likeness (QED) is 0.337. The Morgan fingerprint density at radius 3 is 2.16 bits per heavy atom. The molecule has 5 heteroatoms. The van der Waals surface area contributed by atoms with Crippen molar-refractivity contribution in [1.29, 1.82) is 0 Å². The number of ether oxygens (including phenoxy) is 1. The predicted molar refractivity (Wildman–Crippen MR) is 80.6 cm³/mol. The largest absolute Gasteiger partial charge is 0.487 e. The third-order valence-corrected chi connectivity index (χ3v) is 4.12. The highest BCUT2D eigenvalue weighted by Crippen LogP contribution is 2.38. The van der Waals surface area contributed by atoms with Crippen LogP contribution in [0.4, 0.5) is 5.69 Å². The lowest BCUT2D eigenvalue weighted by Crippen LogP contribution is -2.07. The van der Waals surface area contributed by atoms with E-state index < -0.39 is 0 Å². The van der Waals surface area contributed by atoms with Gasteiger partial charge in [-0.3, -0.25) is 10.1 Å². The standard InChI is InChI=1S/C14H20BrNO3/c1-9-10(2)12(4)14(19-8-6-5-7-15)13(11(9)3)16(17)18/h5-8H2,1-4H3. The first-order chi connectivity index (χ1) is 8.91. The molecule has 4 nitrogen and oxygen atoms in total. The van der Waals surface area contributed by atoms with Crippen molar-refractivity contribution < 1.29 is 9.66 Å². The van der Waals surface area contributed by atoms with Crippen LogP contribution in [-0.2, 0) is 0 Å². The highest BCUT2D eigenvalue weighted by molar-refractivity contribution is 9.09. The van der Waals surface area contributed by atoms with E-state index in [9.17, 15) is 10.1 Å². The summed E-state index contributed by atoms with van der Waals surface area (Å²) in [6.45, 7) is 8.07. The van der Waals surface area contributed by atoms with Crippen molar-refractivity contribution in [2.24, 2.45) is 0 Å². The monoisotopic (exact) mass is 329 g/mol. The molecule has 0 atom stereocenters. The van der Waals surface area contributed by atoms with Gasteiger partial charge >= 0.3 is 5.69 Å². The number of hydrogen-bond donors (Lipinski definition) is 0. The van der Waals surface area contributed by atoms with E-state index in [0.717, 1.165) is 34.9 Å². The third kappa shape index (κ3) is 3.47. The number of nitrogens with zero attached hydrogens (tertiary/aromatic N) is 1. The second-order valence-corrected chi connectivity index (χ2v) is 5.47. The molecular weight excluding hydrogens is 310 g/mol. The van der Waals surface area contributed by atoms with E-state index in [2.05, 4.69) is 15.9 Å². The van der Waals surface area contributed by atoms with E-state index in [0.29, 0.717) is 17.9 Å². The van der Waals surface area contributed by atoms with Crippen molar-refractivity contribution in [3.63, 3.8) is 0 Å². The summed E-state index contributed by atoms with van der Waals surface area (Å²) in [5.74, 6) is 0.431. The van der Waals surface area contributed by atoms with Gasteiger partial charge in [-0.1, -0.05) is 15.9 Å². The zero-order valence-corrected chi connectivity index (χ0v) is 13.5. The van der Waals surface area contributed by atoms with Gasteiger partial charge in [0.1, 0.15) is 0 Å². The summed E-state index contributed by atoms with van der Waals surface area (Å²) in [4.78, 5) is 10.9. The lowest BCUT2D eigenvalue weighted by molar-refractivity contribution is -0.386. The summed E-state index contributed by atoms with van der Waals surface area (Å²) in [5, 5.41) is 12.2. The average molecular weight is 330 g/mol. The highest BCUT2D eigenvalue weighted by Gasteiger charge is 2.25. The van der Waals surface area contributed by atoms with E-state index in [1.807, 2.05) is 20.8 Å². The first-order valence-corrected chi connectivity index (χ1v) is 7.47. The van der Waals surface area contributed by atoms with Gasteiger partial charge in [0.25, 0.3) is 0 Å². The molecule has 0 heterocycles. The Morgan fingerprint density at radius 2 is 1.63 bits per heavy atom. The Labute approximate surface area is 122 Å². The van der Waals surface area contributed by atoms with Gasteiger partial charge < -0.3 is 4.74 Å². The number of benzene rings is 1. The molecule has 0 N–H and O–H groups in total. The van der Waals surface area contributed by atoms with Crippen LogP contribution in [0.3, 0.4) is 0 Å².